The van der Waals surface area contributed by atoms with Crippen molar-refractivity contribution in [2.75, 3.05) is 80.1 Å². The molecular weight excluding hydrogens is 278 g/mol. The number of rotatable bonds is 15. The average molecular weight is 307 g/mol. The number of hydrogen-bond acceptors (Lipinski definition) is 7. The summed E-state index contributed by atoms with van der Waals surface area (Å²) in [5.41, 5.74) is 0. The van der Waals surface area contributed by atoms with Gasteiger partial charge in [-0.2, -0.15) is 0 Å². The number of ether oxygens (including phenoxy) is 5. The Balaban J connectivity index is 2.98. The van der Waals surface area contributed by atoms with Gasteiger partial charge in [-0.25, -0.2) is 0 Å². The predicted molar refractivity (Wildman–Crippen MR) is 78.5 cm³/mol. The van der Waals surface area contributed by atoms with Gasteiger partial charge in [-0.3, -0.25) is 4.79 Å². The second-order valence-electron chi connectivity index (χ2n) is 4.59. The molecule has 21 heavy (non-hydrogen) atoms. The Morgan fingerprint density at radius 2 is 1.10 bits per heavy atom. The highest BCUT2D eigenvalue weighted by Crippen LogP contribution is 1.84. The van der Waals surface area contributed by atoms with Crippen LogP contribution in [0.2, 0.25) is 0 Å². The molecule has 0 aromatic heterocycles. The van der Waals surface area contributed by atoms with E-state index in [2.05, 4.69) is 4.90 Å². The summed E-state index contributed by atoms with van der Waals surface area (Å²) < 4.78 is 26.0. The van der Waals surface area contributed by atoms with Crippen molar-refractivity contribution < 1.29 is 28.5 Å². The van der Waals surface area contributed by atoms with Crippen LogP contribution in [0.4, 0.5) is 0 Å². The lowest BCUT2D eigenvalue weighted by Crippen LogP contribution is -2.19. The first-order valence-corrected chi connectivity index (χ1v) is 7.22. The van der Waals surface area contributed by atoms with Gasteiger partial charge in [0.1, 0.15) is 6.61 Å². The highest BCUT2D eigenvalue weighted by Gasteiger charge is 1.95. The van der Waals surface area contributed by atoms with Crippen LogP contribution in [0.15, 0.2) is 0 Å². The van der Waals surface area contributed by atoms with Gasteiger partial charge in [0, 0.05) is 13.5 Å². The van der Waals surface area contributed by atoms with Gasteiger partial charge in [0.25, 0.3) is 0 Å². The number of likely N-dealkylation sites (N-methyl/N-ethyl adjacent to an activating group) is 1. The molecule has 0 radical (unpaired) electrons. The van der Waals surface area contributed by atoms with Crippen molar-refractivity contribution in [2.24, 2.45) is 0 Å². The van der Waals surface area contributed by atoms with Crippen LogP contribution in [0.3, 0.4) is 0 Å². The molecule has 7 nitrogen and oxygen atoms in total. The zero-order valence-electron chi connectivity index (χ0n) is 13.5. The van der Waals surface area contributed by atoms with Crippen LogP contribution in [0.5, 0.6) is 0 Å². The van der Waals surface area contributed by atoms with E-state index in [0.29, 0.717) is 46.2 Å². The van der Waals surface area contributed by atoms with Crippen LogP contribution >= 0.6 is 0 Å². The summed E-state index contributed by atoms with van der Waals surface area (Å²) in [6.45, 7) is 6.93. The highest BCUT2D eigenvalue weighted by molar-refractivity contribution is 5.65. The summed E-state index contributed by atoms with van der Waals surface area (Å²) in [5, 5.41) is 0. The number of nitrogens with zero attached hydrogens (tertiary/aromatic N) is 1. The maximum atomic E-state index is 10.5. The Kier molecular flexibility index (Phi) is 15.1. The van der Waals surface area contributed by atoms with Crippen LogP contribution in [-0.4, -0.2) is 91.0 Å². The van der Waals surface area contributed by atoms with Crippen LogP contribution in [-0.2, 0) is 28.5 Å². The van der Waals surface area contributed by atoms with Crippen LogP contribution < -0.4 is 0 Å². The lowest BCUT2D eigenvalue weighted by molar-refractivity contribution is -0.142. The van der Waals surface area contributed by atoms with Crippen molar-refractivity contribution in [2.45, 2.75) is 6.92 Å². The smallest absolute Gasteiger partial charge is 0.302 e. The molecular formula is C14H29NO6. The Morgan fingerprint density at radius 3 is 1.48 bits per heavy atom. The lowest BCUT2D eigenvalue weighted by Gasteiger charge is -2.10. The van der Waals surface area contributed by atoms with Gasteiger partial charge in [0.05, 0.1) is 52.9 Å². The topological polar surface area (TPSA) is 66.5 Å². The minimum absolute atomic E-state index is 0.284. The molecule has 126 valence electrons. The summed E-state index contributed by atoms with van der Waals surface area (Å²) in [6, 6.07) is 0. The van der Waals surface area contributed by atoms with Crippen molar-refractivity contribution in [1.82, 2.24) is 4.90 Å². The molecule has 0 atom stereocenters. The summed E-state index contributed by atoms with van der Waals surface area (Å²) in [5.74, 6) is -0.294. The summed E-state index contributed by atoms with van der Waals surface area (Å²) in [6.07, 6.45) is 0. The lowest BCUT2D eigenvalue weighted by atomic mass is 10.6. The van der Waals surface area contributed by atoms with Gasteiger partial charge in [-0.15, -0.1) is 0 Å². The summed E-state index contributed by atoms with van der Waals surface area (Å²) in [4.78, 5) is 12.5. The van der Waals surface area contributed by atoms with E-state index in [-0.39, 0.29) is 12.6 Å². The van der Waals surface area contributed by atoms with E-state index < -0.39 is 0 Å². The Bertz CT molecular complexity index is 238. The molecule has 0 aromatic carbocycles. The quantitative estimate of drug-likeness (QED) is 0.316. The van der Waals surface area contributed by atoms with E-state index in [4.69, 9.17) is 23.7 Å². The Labute approximate surface area is 127 Å². The minimum atomic E-state index is -0.294. The molecule has 0 saturated carbocycles. The van der Waals surface area contributed by atoms with Crippen LogP contribution in [0, 0.1) is 0 Å². The average Bonchev–Trinajstić information content (AvgIpc) is 2.42. The van der Waals surface area contributed by atoms with Crippen molar-refractivity contribution in [3.63, 3.8) is 0 Å². The van der Waals surface area contributed by atoms with Gasteiger partial charge in [0.2, 0.25) is 0 Å². The third-order valence-corrected chi connectivity index (χ3v) is 2.33. The van der Waals surface area contributed by atoms with E-state index in [1.54, 1.807) is 0 Å². The molecule has 0 aliphatic rings. The Hall–Kier alpha value is -0.730. The molecule has 0 bridgehead atoms. The first kappa shape index (κ1) is 20.3. The maximum Gasteiger partial charge on any atom is 0.302 e. The van der Waals surface area contributed by atoms with Gasteiger partial charge < -0.3 is 28.6 Å². The van der Waals surface area contributed by atoms with Gasteiger partial charge >= 0.3 is 5.97 Å². The van der Waals surface area contributed by atoms with Crippen LogP contribution in [0.25, 0.3) is 0 Å². The van der Waals surface area contributed by atoms with Gasteiger partial charge in [-0.05, 0) is 14.1 Å². The monoisotopic (exact) mass is 307 g/mol. The molecule has 0 heterocycles. The number of carbonyl (C=O) groups is 1. The molecule has 0 amide bonds. The van der Waals surface area contributed by atoms with Crippen molar-refractivity contribution in [1.29, 1.82) is 0 Å². The second-order valence-corrected chi connectivity index (χ2v) is 4.59. The van der Waals surface area contributed by atoms with Gasteiger partial charge in [-0.1, -0.05) is 0 Å². The molecule has 0 aliphatic heterocycles. The fourth-order valence-corrected chi connectivity index (χ4v) is 1.25. The van der Waals surface area contributed by atoms with Crippen molar-refractivity contribution >= 4 is 5.97 Å². The highest BCUT2D eigenvalue weighted by atomic mass is 16.6. The van der Waals surface area contributed by atoms with Crippen LogP contribution in [0.1, 0.15) is 6.92 Å². The van der Waals surface area contributed by atoms with Gasteiger partial charge in [0.15, 0.2) is 0 Å². The molecule has 0 fully saturated rings. The van der Waals surface area contributed by atoms with Crippen molar-refractivity contribution in [3.05, 3.63) is 0 Å². The third-order valence-electron chi connectivity index (χ3n) is 2.33. The Morgan fingerprint density at radius 1 is 0.714 bits per heavy atom. The molecule has 0 rings (SSSR count). The molecule has 0 spiro atoms. The van der Waals surface area contributed by atoms with E-state index in [9.17, 15) is 4.79 Å². The van der Waals surface area contributed by atoms with E-state index >= 15 is 0 Å². The fourth-order valence-electron chi connectivity index (χ4n) is 1.25. The summed E-state index contributed by atoms with van der Waals surface area (Å²) >= 11 is 0. The normalized spacial score (nSPS) is 11.0. The predicted octanol–water partition coefficient (Wildman–Crippen LogP) is 0.178. The molecule has 0 aromatic rings. The molecule has 0 saturated heterocycles. The third kappa shape index (κ3) is 19.3. The maximum absolute atomic E-state index is 10.5. The number of esters is 1. The molecule has 0 aliphatic carbocycles. The van der Waals surface area contributed by atoms with E-state index in [0.717, 1.165) is 13.2 Å². The van der Waals surface area contributed by atoms with E-state index in [1.165, 1.54) is 6.92 Å². The molecule has 0 N–H and O–H groups in total. The number of hydrogen-bond donors (Lipinski definition) is 0. The van der Waals surface area contributed by atoms with Crippen molar-refractivity contribution in [3.8, 4) is 0 Å². The molecule has 0 unspecified atom stereocenters. The fraction of sp³-hybridized carbons (Fsp3) is 0.929. The zero-order chi connectivity index (χ0) is 15.8. The summed E-state index contributed by atoms with van der Waals surface area (Å²) in [7, 11) is 4.02. The second kappa shape index (κ2) is 15.7. The SMILES string of the molecule is CC(=O)OCCOCCOCCOCCOCCN(C)C. The zero-order valence-corrected chi connectivity index (χ0v) is 13.5. The number of carbonyl (C=O) groups excluding carboxylic acids is 1. The molecule has 7 heteroatoms. The minimum Gasteiger partial charge on any atom is -0.463 e. The standard InChI is InChI=1S/C14H29NO6/c1-14(16)21-13-12-20-11-10-19-9-8-18-7-6-17-5-4-15(2)3/h4-13H2,1-3H3. The first-order chi connectivity index (χ1) is 10.1. The van der Waals surface area contributed by atoms with E-state index in [1.807, 2.05) is 14.1 Å². The first-order valence-electron chi connectivity index (χ1n) is 7.22. The largest absolute Gasteiger partial charge is 0.463 e.